The lowest BCUT2D eigenvalue weighted by atomic mass is 10.3. The Kier molecular flexibility index (Phi) is 3.84. The zero-order valence-corrected chi connectivity index (χ0v) is 11.2. The zero-order chi connectivity index (χ0) is 14.8. The zero-order valence-electron chi connectivity index (χ0n) is 10.4. The molecule has 0 aliphatic carbocycles. The molecule has 1 aromatic carbocycles. The molecule has 0 unspecified atom stereocenters. The Morgan fingerprint density at radius 3 is 2.55 bits per heavy atom. The van der Waals surface area contributed by atoms with E-state index in [9.17, 15) is 17.2 Å². The Morgan fingerprint density at radius 2 is 1.90 bits per heavy atom. The van der Waals surface area contributed by atoms with Crippen molar-refractivity contribution in [2.75, 3.05) is 17.1 Å². The predicted molar refractivity (Wildman–Crippen MR) is 71.0 cm³/mol. The Bertz CT molecular complexity index is 735. The standard InChI is InChI=1S/C12H11F2N3O2S/c1-15-11-3-2-6-16-12(11)20(18,19)17-8-4-5-9(13)10(14)7-8/h2-7,15,17H,1H3. The number of halogens is 2. The van der Waals surface area contributed by atoms with Crippen LogP contribution in [0.1, 0.15) is 0 Å². The molecule has 8 heteroatoms. The minimum absolute atomic E-state index is 0.0865. The van der Waals surface area contributed by atoms with Crippen molar-refractivity contribution in [1.82, 2.24) is 4.98 Å². The highest BCUT2D eigenvalue weighted by atomic mass is 32.2. The van der Waals surface area contributed by atoms with E-state index in [1.54, 1.807) is 13.1 Å². The number of aromatic nitrogens is 1. The van der Waals surface area contributed by atoms with Crippen molar-refractivity contribution in [2.45, 2.75) is 5.03 Å². The highest BCUT2D eigenvalue weighted by Gasteiger charge is 2.20. The summed E-state index contributed by atoms with van der Waals surface area (Å²) in [6.45, 7) is 0. The van der Waals surface area contributed by atoms with Crippen molar-refractivity contribution in [1.29, 1.82) is 0 Å². The van der Waals surface area contributed by atoms with Crippen molar-refractivity contribution in [2.24, 2.45) is 0 Å². The van der Waals surface area contributed by atoms with E-state index in [0.717, 1.165) is 18.2 Å². The van der Waals surface area contributed by atoms with Crippen molar-refractivity contribution in [3.05, 3.63) is 48.2 Å². The molecule has 2 rings (SSSR count). The molecule has 2 N–H and O–H groups in total. The third-order valence-corrected chi connectivity index (χ3v) is 3.81. The molecule has 0 aliphatic heterocycles. The first-order valence-corrected chi connectivity index (χ1v) is 7.03. The van der Waals surface area contributed by atoms with E-state index in [-0.39, 0.29) is 10.7 Å². The Hall–Kier alpha value is -2.22. The summed E-state index contributed by atoms with van der Waals surface area (Å²) in [6.07, 6.45) is 1.32. The van der Waals surface area contributed by atoms with Crippen LogP contribution in [0.15, 0.2) is 41.6 Å². The van der Waals surface area contributed by atoms with Gasteiger partial charge in [0, 0.05) is 19.3 Å². The minimum Gasteiger partial charge on any atom is -0.386 e. The molecule has 0 spiro atoms. The number of sulfonamides is 1. The van der Waals surface area contributed by atoms with E-state index in [2.05, 4.69) is 15.0 Å². The highest BCUT2D eigenvalue weighted by Crippen LogP contribution is 2.21. The quantitative estimate of drug-likeness (QED) is 0.908. The molecule has 2 aromatic rings. The van der Waals surface area contributed by atoms with E-state index >= 15 is 0 Å². The molecule has 0 atom stereocenters. The number of nitrogens with one attached hydrogen (secondary N) is 2. The summed E-state index contributed by atoms with van der Waals surface area (Å²) in [6, 6.07) is 5.83. The summed E-state index contributed by atoms with van der Waals surface area (Å²) in [5.41, 5.74) is 0.208. The average Bonchev–Trinajstić information content (AvgIpc) is 2.42. The van der Waals surface area contributed by atoms with E-state index in [4.69, 9.17) is 0 Å². The van der Waals surface area contributed by atoms with Crippen LogP contribution < -0.4 is 10.0 Å². The first kappa shape index (κ1) is 14.2. The van der Waals surface area contributed by atoms with Crippen LogP contribution in [0, 0.1) is 11.6 Å². The molecular formula is C12H11F2N3O2S. The Balaban J connectivity index is 2.38. The maximum Gasteiger partial charge on any atom is 0.281 e. The van der Waals surface area contributed by atoms with Gasteiger partial charge in [-0.25, -0.2) is 13.8 Å². The van der Waals surface area contributed by atoms with Crippen LogP contribution in [0.4, 0.5) is 20.2 Å². The van der Waals surface area contributed by atoms with Crippen molar-refractivity contribution < 1.29 is 17.2 Å². The van der Waals surface area contributed by atoms with Gasteiger partial charge in [0.1, 0.15) is 0 Å². The first-order chi connectivity index (χ1) is 9.44. The van der Waals surface area contributed by atoms with Gasteiger partial charge < -0.3 is 5.32 Å². The van der Waals surface area contributed by atoms with Crippen LogP contribution in [0.3, 0.4) is 0 Å². The van der Waals surface area contributed by atoms with Crippen LogP contribution in [0.25, 0.3) is 0 Å². The van der Waals surface area contributed by atoms with Crippen LogP contribution >= 0.6 is 0 Å². The van der Waals surface area contributed by atoms with Crippen LogP contribution in [-0.2, 0) is 10.0 Å². The second-order valence-corrected chi connectivity index (χ2v) is 5.44. The predicted octanol–water partition coefficient (Wildman–Crippen LogP) is 2.20. The number of rotatable bonds is 4. The smallest absolute Gasteiger partial charge is 0.281 e. The summed E-state index contributed by atoms with van der Waals surface area (Å²) in [5, 5.41) is 2.46. The summed E-state index contributed by atoms with van der Waals surface area (Å²) in [7, 11) is -2.45. The summed E-state index contributed by atoms with van der Waals surface area (Å²) in [5.74, 6) is -2.19. The third-order valence-electron chi connectivity index (χ3n) is 2.47. The van der Waals surface area contributed by atoms with Gasteiger partial charge in [-0.2, -0.15) is 8.42 Å². The van der Waals surface area contributed by atoms with Gasteiger partial charge in [-0.05, 0) is 24.3 Å². The van der Waals surface area contributed by atoms with Gasteiger partial charge in [0.25, 0.3) is 10.0 Å². The molecule has 0 fully saturated rings. The molecule has 0 radical (unpaired) electrons. The molecule has 0 bridgehead atoms. The second-order valence-electron chi connectivity index (χ2n) is 3.84. The summed E-state index contributed by atoms with van der Waals surface area (Å²) in [4.78, 5) is 3.78. The van der Waals surface area contributed by atoms with Crippen LogP contribution in [0.2, 0.25) is 0 Å². The number of pyridine rings is 1. The molecule has 20 heavy (non-hydrogen) atoms. The molecule has 106 valence electrons. The molecule has 0 amide bonds. The molecule has 1 aromatic heterocycles. The number of hydrogen-bond donors (Lipinski definition) is 2. The van der Waals surface area contributed by atoms with Gasteiger partial charge in [0.15, 0.2) is 16.7 Å². The summed E-state index contributed by atoms with van der Waals surface area (Å²) < 4.78 is 52.3. The van der Waals surface area contributed by atoms with E-state index in [0.29, 0.717) is 5.69 Å². The molecule has 5 nitrogen and oxygen atoms in total. The van der Waals surface area contributed by atoms with Gasteiger partial charge in [-0.3, -0.25) is 4.72 Å². The maximum atomic E-state index is 13.1. The molecule has 0 saturated carbocycles. The van der Waals surface area contributed by atoms with Gasteiger partial charge in [-0.1, -0.05) is 0 Å². The van der Waals surface area contributed by atoms with Gasteiger partial charge in [-0.15, -0.1) is 0 Å². The fourth-order valence-corrected chi connectivity index (χ4v) is 2.75. The number of benzene rings is 1. The van der Waals surface area contributed by atoms with Crippen molar-refractivity contribution in [3.8, 4) is 0 Å². The summed E-state index contributed by atoms with van der Waals surface area (Å²) >= 11 is 0. The number of anilines is 2. The number of hydrogen-bond acceptors (Lipinski definition) is 4. The SMILES string of the molecule is CNc1cccnc1S(=O)(=O)Nc1ccc(F)c(F)c1. The monoisotopic (exact) mass is 299 g/mol. The Labute approximate surface area is 114 Å². The largest absolute Gasteiger partial charge is 0.386 e. The molecule has 1 heterocycles. The van der Waals surface area contributed by atoms with Gasteiger partial charge in [0.05, 0.1) is 11.4 Å². The highest BCUT2D eigenvalue weighted by molar-refractivity contribution is 7.92. The Morgan fingerprint density at radius 1 is 1.15 bits per heavy atom. The van der Waals surface area contributed by atoms with E-state index in [1.807, 2.05) is 0 Å². The van der Waals surface area contributed by atoms with Gasteiger partial charge in [0.2, 0.25) is 0 Å². The third kappa shape index (κ3) is 2.85. The normalized spacial score (nSPS) is 11.2. The van der Waals surface area contributed by atoms with Crippen molar-refractivity contribution >= 4 is 21.4 Å². The maximum absolute atomic E-state index is 13.1. The lowest BCUT2D eigenvalue weighted by molar-refractivity contribution is 0.509. The lowest BCUT2D eigenvalue weighted by Gasteiger charge is -2.10. The minimum atomic E-state index is -4.00. The van der Waals surface area contributed by atoms with Gasteiger partial charge >= 0.3 is 0 Å². The van der Waals surface area contributed by atoms with Crippen LogP contribution in [-0.4, -0.2) is 20.4 Å². The fourth-order valence-electron chi connectivity index (χ4n) is 1.56. The molecule has 0 aliphatic rings. The topological polar surface area (TPSA) is 71.1 Å². The van der Waals surface area contributed by atoms with E-state index < -0.39 is 21.7 Å². The van der Waals surface area contributed by atoms with E-state index in [1.165, 1.54) is 12.3 Å². The van der Waals surface area contributed by atoms with Crippen LogP contribution in [0.5, 0.6) is 0 Å². The number of nitrogens with zero attached hydrogens (tertiary/aromatic N) is 1. The fraction of sp³-hybridized carbons (Fsp3) is 0.0833. The second kappa shape index (κ2) is 5.41. The molecular weight excluding hydrogens is 288 g/mol. The average molecular weight is 299 g/mol. The van der Waals surface area contributed by atoms with Crippen molar-refractivity contribution in [3.63, 3.8) is 0 Å². The molecule has 0 saturated heterocycles. The lowest BCUT2D eigenvalue weighted by Crippen LogP contribution is -2.16. The first-order valence-electron chi connectivity index (χ1n) is 5.54.